The van der Waals surface area contributed by atoms with Gasteiger partial charge >= 0.3 is 0 Å². The molecule has 3 nitrogen and oxygen atoms in total. The van der Waals surface area contributed by atoms with Crippen LogP contribution in [0, 0.1) is 0 Å². The van der Waals surface area contributed by atoms with Crippen LogP contribution in [-0.2, 0) is 0 Å². The van der Waals surface area contributed by atoms with E-state index in [0.29, 0.717) is 0 Å². The van der Waals surface area contributed by atoms with Crippen LogP contribution in [0.4, 0.5) is 0 Å². The SMILES string of the molecule is N[C@@H](CCNCC[C@H](N)C(c1ccccc1)c1ccccc1)C(c1ccccc1)c1ccccc1. The van der Waals surface area contributed by atoms with Gasteiger partial charge in [-0.25, -0.2) is 0 Å². The predicted octanol–water partition coefficient (Wildman–Crippen LogP) is 5.68. The van der Waals surface area contributed by atoms with Gasteiger partial charge in [0, 0.05) is 23.9 Å². The Hall–Kier alpha value is -3.24. The van der Waals surface area contributed by atoms with Gasteiger partial charge in [0.2, 0.25) is 0 Å². The topological polar surface area (TPSA) is 64.1 Å². The number of hydrogen-bond donors (Lipinski definition) is 3. The molecule has 4 rings (SSSR count). The van der Waals surface area contributed by atoms with Gasteiger partial charge in [-0.3, -0.25) is 0 Å². The maximum absolute atomic E-state index is 6.76. The van der Waals surface area contributed by atoms with E-state index >= 15 is 0 Å². The number of nitrogens with one attached hydrogen (secondary N) is 1. The van der Waals surface area contributed by atoms with E-state index in [4.69, 9.17) is 11.5 Å². The second-order valence-electron chi connectivity index (χ2n) is 9.25. The van der Waals surface area contributed by atoms with E-state index in [0.717, 1.165) is 25.9 Å². The second-order valence-corrected chi connectivity index (χ2v) is 9.25. The molecular weight excluding hydrogens is 426 g/mol. The lowest BCUT2D eigenvalue weighted by Crippen LogP contribution is -2.36. The first-order valence-corrected chi connectivity index (χ1v) is 12.7. The third-order valence-corrected chi connectivity index (χ3v) is 6.80. The molecule has 0 heterocycles. The Morgan fingerprint density at radius 3 is 0.943 bits per heavy atom. The Morgan fingerprint density at radius 2 is 0.686 bits per heavy atom. The minimum Gasteiger partial charge on any atom is -0.327 e. The number of benzene rings is 4. The summed E-state index contributed by atoms with van der Waals surface area (Å²) in [6.07, 6.45) is 1.79. The van der Waals surface area contributed by atoms with E-state index in [-0.39, 0.29) is 23.9 Å². The maximum atomic E-state index is 6.76. The fourth-order valence-electron chi connectivity index (χ4n) is 5.01. The van der Waals surface area contributed by atoms with Gasteiger partial charge in [-0.05, 0) is 48.2 Å². The molecule has 4 aromatic rings. The first-order valence-electron chi connectivity index (χ1n) is 12.7. The second kappa shape index (κ2) is 13.0. The van der Waals surface area contributed by atoms with E-state index in [2.05, 4.69) is 127 Å². The van der Waals surface area contributed by atoms with Crippen molar-refractivity contribution in [1.82, 2.24) is 5.32 Å². The van der Waals surface area contributed by atoms with Gasteiger partial charge in [0.25, 0.3) is 0 Å². The lowest BCUT2D eigenvalue weighted by molar-refractivity contribution is 0.486. The molecule has 0 aromatic heterocycles. The molecule has 0 unspecified atom stereocenters. The summed E-state index contributed by atoms with van der Waals surface area (Å²) in [6.45, 7) is 1.73. The van der Waals surface area contributed by atoms with Crippen molar-refractivity contribution in [1.29, 1.82) is 0 Å². The van der Waals surface area contributed by atoms with Gasteiger partial charge in [-0.2, -0.15) is 0 Å². The molecule has 3 heteroatoms. The van der Waals surface area contributed by atoms with E-state index in [1.54, 1.807) is 0 Å². The van der Waals surface area contributed by atoms with E-state index in [1.807, 2.05) is 0 Å². The Labute approximate surface area is 210 Å². The van der Waals surface area contributed by atoms with Crippen LogP contribution < -0.4 is 16.8 Å². The summed E-state index contributed by atoms with van der Waals surface area (Å²) in [7, 11) is 0. The first kappa shape index (κ1) is 24.9. The van der Waals surface area contributed by atoms with Gasteiger partial charge in [-0.1, -0.05) is 121 Å². The van der Waals surface area contributed by atoms with Gasteiger partial charge in [0.1, 0.15) is 0 Å². The molecule has 4 aromatic carbocycles. The van der Waals surface area contributed by atoms with Crippen LogP contribution in [0.15, 0.2) is 121 Å². The molecule has 0 bridgehead atoms. The monoisotopic (exact) mass is 463 g/mol. The van der Waals surface area contributed by atoms with Crippen molar-refractivity contribution in [3.63, 3.8) is 0 Å². The standard InChI is InChI=1S/C32H37N3/c33-29(31(25-13-5-1-6-14-25)26-15-7-2-8-16-26)21-23-35-24-22-30(34)32(27-17-9-3-10-18-27)28-19-11-4-12-20-28/h1-20,29-32,35H,21-24,33-34H2/t29-,30-/m0/s1. The minimum atomic E-state index is 0.0300. The molecule has 0 fully saturated rings. The molecule has 0 aliphatic rings. The fraction of sp³-hybridized carbons (Fsp3) is 0.250. The van der Waals surface area contributed by atoms with Crippen LogP contribution in [0.25, 0.3) is 0 Å². The van der Waals surface area contributed by atoms with Crippen LogP contribution in [-0.4, -0.2) is 25.2 Å². The lowest BCUT2D eigenvalue weighted by Gasteiger charge is -2.26. The van der Waals surface area contributed by atoms with Crippen molar-refractivity contribution in [3.05, 3.63) is 144 Å². The summed E-state index contributed by atoms with van der Waals surface area (Å²) in [5.74, 6) is 0.365. The molecule has 0 aliphatic carbocycles. The Balaban J connectivity index is 1.33. The van der Waals surface area contributed by atoms with Crippen LogP contribution in [0.1, 0.15) is 46.9 Å². The fourth-order valence-corrected chi connectivity index (χ4v) is 5.01. The van der Waals surface area contributed by atoms with Gasteiger partial charge < -0.3 is 16.8 Å². The Bertz CT molecular complexity index is 931. The van der Waals surface area contributed by atoms with Crippen LogP contribution in [0.5, 0.6) is 0 Å². The average Bonchev–Trinajstić information content (AvgIpc) is 2.91. The normalized spacial score (nSPS) is 13.1. The number of rotatable bonds is 12. The highest BCUT2D eigenvalue weighted by Gasteiger charge is 2.23. The van der Waals surface area contributed by atoms with Crippen LogP contribution in [0.3, 0.4) is 0 Å². The van der Waals surface area contributed by atoms with Crippen LogP contribution in [0.2, 0.25) is 0 Å². The highest BCUT2D eigenvalue weighted by Crippen LogP contribution is 2.29. The van der Waals surface area contributed by atoms with Gasteiger partial charge in [-0.15, -0.1) is 0 Å². The van der Waals surface area contributed by atoms with Crippen LogP contribution >= 0.6 is 0 Å². The molecule has 0 aliphatic heterocycles. The third-order valence-electron chi connectivity index (χ3n) is 6.80. The average molecular weight is 464 g/mol. The summed E-state index contributed by atoms with van der Waals surface area (Å²) in [5.41, 5.74) is 18.6. The van der Waals surface area contributed by atoms with Crippen molar-refractivity contribution in [2.75, 3.05) is 13.1 Å². The van der Waals surface area contributed by atoms with Gasteiger partial charge in [0.05, 0.1) is 0 Å². The zero-order valence-corrected chi connectivity index (χ0v) is 20.3. The van der Waals surface area contributed by atoms with Crippen molar-refractivity contribution in [2.45, 2.75) is 36.8 Å². The summed E-state index contributed by atoms with van der Waals surface area (Å²) >= 11 is 0. The highest BCUT2D eigenvalue weighted by molar-refractivity contribution is 5.35. The molecule has 2 atom stereocenters. The summed E-state index contributed by atoms with van der Waals surface area (Å²) in [4.78, 5) is 0. The quantitative estimate of drug-likeness (QED) is 0.237. The summed E-state index contributed by atoms with van der Waals surface area (Å²) in [5, 5.41) is 3.60. The maximum Gasteiger partial charge on any atom is 0.0241 e. The van der Waals surface area contributed by atoms with Crippen molar-refractivity contribution in [3.8, 4) is 0 Å². The highest BCUT2D eigenvalue weighted by atomic mass is 14.9. The largest absolute Gasteiger partial charge is 0.327 e. The molecule has 0 radical (unpaired) electrons. The summed E-state index contributed by atoms with van der Waals surface area (Å²) in [6, 6.07) is 42.4. The molecule has 0 amide bonds. The molecule has 180 valence electrons. The zero-order chi connectivity index (χ0) is 24.3. The first-order chi connectivity index (χ1) is 17.2. The van der Waals surface area contributed by atoms with Gasteiger partial charge in [0.15, 0.2) is 0 Å². The van der Waals surface area contributed by atoms with E-state index < -0.39 is 0 Å². The molecule has 0 spiro atoms. The summed E-state index contributed by atoms with van der Waals surface area (Å²) < 4.78 is 0. The van der Waals surface area contributed by atoms with E-state index in [1.165, 1.54) is 22.3 Å². The van der Waals surface area contributed by atoms with Crippen molar-refractivity contribution >= 4 is 0 Å². The molecule has 0 saturated heterocycles. The zero-order valence-electron chi connectivity index (χ0n) is 20.3. The molecular formula is C32H37N3. The van der Waals surface area contributed by atoms with Crippen molar-refractivity contribution in [2.24, 2.45) is 11.5 Å². The number of hydrogen-bond acceptors (Lipinski definition) is 3. The Kier molecular flexibility index (Phi) is 9.24. The third kappa shape index (κ3) is 6.89. The Morgan fingerprint density at radius 1 is 0.429 bits per heavy atom. The predicted molar refractivity (Wildman–Crippen MR) is 148 cm³/mol. The minimum absolute atomic E-state index is 0.0300. The smallest absolute Gasteiger partial charge is 0.0241 e. The molecule has 5 N–H and O–H groups in total. The lowest BCUT2D eigenvalue weighted by atomic mass is 9.84. The van der Waals surface area contributed by atoms with E-state index in [9.17, 15) is 0 Å². The molecule has 35 heavy (non-hydrogen) atoms. The molecule has 0 saturated carbocycles. The number of nitrogens with two attached hydrogens (primary N) is 2. The van der Waals surface area contributed by atoms with Crippen molar-refractivity contribution < 1.29 is 0 Å².